The number of ether oxygens (including phenoxy) is 1. The van der Waals surface area contributed by atoms with Crippen LogP contribution in [0.25, 0.3) is 10.9 Å². The van der Waals surface area contributed by atoms with E-state index in [1.807, 2.05) is 0 Å². The van der Waals surface area contributed by atoms with Crippen LogP contribution in [0, 0.1) is 0 Å². The second-order valence-electron chi connectivity index (χ2n) is 6.33. The number of carbonyl (C=O) groups excluding carboxylic acids is 1. The predicted octanol–water partition coefficient (Wildman–Crippen LogP) is 2.09. The topological polar surface area (TPSA) is 109 Å². The number of esters is 1. The molecular weight excluding hydrogens is 382 g/mol. The highest BCUT2D eigenvalue weighted by Crippen LogP contribution is 2.18. The lowest BCUT2D eigenvalue weighted by atomic mass is 10.2. The van der Waals surface area contributed by atoms with E-state index in [-0.39, 0.29) is 21.8 Å². The minimum Gasteiger partial charge on any atom is -0.451 e. The summed E-state index contributed by atoms with van der Waals surface area (Å²) >= 11 is 0. The molecule has 0 aliphatic heterocycles. The lowest BCUT2D eigenvalue weighted by molar-refractivity contribution is 0.0320. The molecule has 3 rings (SSSR count). The van der Waals surface area contributed by atoms with Crippen LogP contribution in [0.5, 0.6) is 0 Å². The molecule has 0 saturated heterocycles. The molecule has 9 heteroatoms. The summed E-state index contributed by atoms with van der Waals surface area (Å²) < 4.78 is 30.6. The van der Waals surface area contributed by atoms with Crippen molar-refractivity contribution in [3.05, 3.63) is 70.3 Å². The highest BCUT2D eigenvalue weighted by Gasteiger charge is 2.20. The molecule has 2 aromatic carbocycles. The van der Waals surface area contributed by atoms with Gasteiger partial charge in [0.1, 0.15) is 0 Å². The van der Waals surface area contributed by atoms with Gasteiger partial charge in [-0.05, 0) is 43.3 Å². The Balaban J connectivity index is 1.80. The first-order valence-corrected chi connectivity index (χ1v) is 9.86. The van der Waals surface area contributed by atoms with E-state index in [9.17, 15) is 18.0 Å². The molecule has 146 valence electrons. The smallest absolute Gasteiger partial charge is 0.338 e. The molecule has 1 unspecified atom stereocenters. The van der Waals surface area contributed by atoms with Crippen molar-refractivity contribution in [1.82, 2.24) is 14.3 Å². The van der Waals surface area contributed by atoms with Crippen LogP contribution < -0.4 is 5.56 Å². The summed E-state index contributed by atoms with van der Waals surface area (Å²) in [6, 6.07) is 12.3. The standard InChI is InChI=1S/C19H19N3O5S/c1-12(17-20-16-7-5-4-6-15(16)18(23)21-17)27-19(24)13-8-10-14(11-9-13)28(25,26)22(2)3/h4-12H,1-3H3,(H,20,21,23). The maximum Gasteiger partial charge on any atom is 0.338 e. The molecule has 1 atom stereocenters. The molecule has 1 heterocycles. The van der Waals surface area contributed by atoms with Gasteiger partial charge in [0.15, 0.2) is 11.9 Å². The van der Waals surface area contributed by atoms with Crippen LogP contribution in [0.4, 0.5) is 0 Å². The summed E-state index contributed by atoms with van der Waals surface area (Å²) in [6.45, 7) is 1.59. The number of sulfonamides is 1. The van der Waals surface area contributed by atoms with Gasteiger partial charge in [-0.1, -0.05) is 12.1 Å². The van der Waals surface area contributed by atoms with Gasteiger partial charge in [-0.2, -0.15) is 0 Å². The number of benzene rings is 2. The van der Waals surface area contributed by atoms with Gasteiger partial charge >= 0.3 is 5.97 Å². The average Bonchev–Trinajstić information content (AvgIpc) is 2.67. The number of rotatable bonds is 5. The van der Waals surface area contributed by atoms with Gasteiger partial charge < -0.3 is 9.72 Å². The number of aromatic amines is 1. The molecule has 0 spiro atoms. The summed E-state index contributed by atoms with van der Waals surface area (Å²) in [5.41, 5.74) is 0.372. The Morgan fingerprint density at radius 3 is 2.39 bits per heavy atom. The maximum atomic E-state index is 12.4. The van der Waals surface area contributed by atoms with Crippen LogP contribution >= 0.6 is 0 Å². The molecule has 0 radical (unpaired) electrons. The normalized spacial score (nSPS) is 12.9. The first kappa shape index (κ1) is 19.7. The van der Waals surface area contributed by atoms with E-state index in [0.717, 1.165) is 4.31 Å². The maximum absolute atomic E-state index is 12.4. The van der Waals surface area contributed by atoms with E-state index >= 15 is 0 Å². The minimum atomic E-state index is -3.58. The molecule has 0 amide bonds. The van der Waals surface area contributed by atoms with Gasteiger partial charge in [0.05, 0.1) is 21.4 Å². The van der Waals surface area contributed by atoms with E-state index in [1.54, 1.807) is 31.2 Å². The van der Waals surface area contributed by atoms with E-state index in [1.165, 1.54) is 38.4 Å². The van der Waals surface area contributed by atoms with Crippen molar-refractivity contribution >= 4 is 26.9 Å². The molecule has 3 aromatic rings. The Labute approximate surface area is 161 Å². The zero-order valence-corrected chi connectivity index (χ0v) is 16.4. The largest absolute Gasteiger partial charge is 0.451 e. The third kappa shape index (κ3) is 3.80. The van der Waals surface area contributed by atoms with Gasteiger partial charge in [0.2, 0.25) is 10.0 Å². The van der Waals surface area contributed by atoms with Gasteiger partial charge in [-0.3, -0.25) is 4.79 Å². The van der Waals surface area contributed by atoms with Crippen LogP contribution in [0.3, 0.4) is 0 Å². The molecule has 1 N–H and O–H groups in total. The molecule has 0 aliphatic carbocycles. The number of aromatic nitrogens is 2. The number of nitrogens with zero attached hydrogens (tertiary/aromatic N) is 2. The lowest BCUT2D eigenvalue weighted by Gasteiger charge is -2.14. The molecule has 8 nitrogen and oxygen atoms in total. The van der Waals surface area contributed by atoms with Crippen molar-refractivity contribution in [1.29, 1.82) is 0 Å². The quantitative estimate of drug-likeness (QED) is 0.656. The minimum absolute atomic E-state index is 0.0719. The van der Waals surface area contributed by atoms with Crippen LogP contribution in [0.15, 0.2) is 58.2 Å². The number of H-pyrrole nitrogens is 1. The number of carbonyl (C=O) groups is 1. The Morgan fingerprint density at radius 1 is 1.11 bits per heavy atom. The Kier molecular flexibility index (Phi) is 5.30. The molecule has 1 aromatic heterocycles. The number of para-hydroxylation sites is 1. The Morgan fingerprint density at radius 2 is 1.75 bits per heavy atom. The fraction of sp³-hybridized carbons (Fsp3) is 0.211. The van der Waals surface area contributed by atoms with Crippen LogP contribution in [0.1, 0.15) is 29.2 Å². The molecule has 0 fully saturated rings. The molecule has 28 heavy (non-hydrogen) atoms. The molecule has 0 aliphatic rings. The summed E-state index contributed by atoms with van der Waals surface area (Å²) in [4.78, 5) is 31.5. The van der Waals surface area contributed by atoms with E-state index < -0.39 is 22.1 Å². The van der Waals surface area contributed by atoms with Gasteiger partial charge in [0.25, 0.3) is 5.56 Å². The number of nitrogens with one attached hydrogen (secondary N) is 1. The van der Waals surface area contributed by atoms with Crippen LogP contribution in [0.2, 0.25) is 0 Å². The SMILES string of the molecule is CC(OC(=O)c1ccc(S(=O)(=O)N(C)C)cc1)c1nc2ccccc2c(=O)[nH]1. The Bertz CT molecular complexity index is 1180. The third-order valence-electron chi connectivity index (χ3n) is 4.17. The summed E-state index contributed by atoms with van der Waals surface area (Å²) in [6.07, 6.45) is -0.796. The summed E-state index contributed by atoms with van der Waals surface area (Å²) in [5, 5.41) is 0.447. The van der Waals surface area contributed by atoms with Crippen molar-refractivity contribution < 1.29 is 17.9 Å². The monoisotopic (exact) mass is 401 g/mol. The second kappa shape index (κ2) is 7.53. The first-order valence-electron chi connectivity index (χ1n) is 8.42. The molecule has 0 saturated carbocycles. The molecule has 0 bridgehead atoms. The van der Waals surface area contributed by atoms with Crippen molar-refractivity contribution in [3.8, 4) is 0 Å². The summed E-state index contributed by atoms with van der Waals surface area (Å²) in [5.74, 6) is -0.430. The Hall–Kier alpha value is -3.04. The van der Waals surface area contributed by atoms with E-state index in [4.69, 9.17) is 4.74 Å². The van der Waals surface area contributed by atoms with Gasteiger partial charge in [0, 0.05) is 14.1 Å². The fourth-order valence-electron chi connectivity index (χ4n) is 2.56. The third-order valence-corrected chi connectivity index (χ3v) is 6.00. The first-order chi connectivity index (χ1) is 13.2. The highest BCUT2D eigenvalue weighted by atomic mass is 32.2. The zero-order valence-electron chi connectivity index (χ0n) is 15.5. The van der Waals surface area contributed by atoms with Crippen LogP contribution in [-0.2, 0) is 14.8 Å². The van der Waals surface area contributed by atoms with E-state index in [2.05, 4.69) is 9.97 Å². The van der Waals surface area contributed by atoms with Crippen molar-refractivity contribution in [2.24, 2.45) is 0 Å². The van der Waals surface area contributed by atoms with Crippen molar-refractivity contribution in [2.75, 3.05) is 14.1 Å². The van der Waals surface area contributed by atoms with Gasteiger partial charge in [-0.15, -0.1) is 0 Å². The lowest BCUT2D eigenvalue weighted by Crippen LogP contribution is -2.22. The van der Waals surface area contributed by atoms with E-state index in [0.29, 0.717) is 10.9 Å². The summed E-state index contributed by atoms with van der Waals surface area (Å²) in [7, 11) is -0.725. The van der Waals surface area contributed by atoms with Crippen molar-refractivity contribution in [3.63, 3.8) is 0 Å². The fourth-order valence-corrected chi connectivity index (χ4v) is 3.46. The van der Waals surface area contributed by atoms with Crippen molar-refractivity contribution in [2.45, 2.75) is 17.9 Å². The highest BCUT2D eigenvalue weighted by molar-refractivity contribution is 7.89. The number of hydrogen-bond acceptors (Lipinski definition) is 6. The predicted molar refractivity (Wildman–Crippen MR) is 104 cm³/mol. The van der Waals surface area contributed by atoms with Crippen LogP contribution in [-0.4, -0.2) is 42.8 Å². The number of hydrogen-bond donors (Lipinski definition) is 1. The molecular formula is C19H19N3O5S. The number of fused-ring (bicyclic) bond motifs is 1. The van der Waals surface area contributed by atoms with Gasteiger partial charge in [-0.25, -0.2) is 22.5 Å². The second-order valence-corrected chi connectivity index (χ2v) is 8.48. The average molecular weight is 401 g/mol. The zero-order chi connectivity index (χ0) is 20.5.